The molecular weight excluding hydrogens is 374 g/mol. The van der Waals surface area contributed by atoms with Crippen LogP contribution in [0.4, 0.5) is 0 Å². The van der Waals surface area contributed by atoms with Crippen LogP contribution in [0, 0.1) is 19.8 Å². The van der Waals surface area contributed by atoms with Crippen LogP contribution in [0.25, 0.3) is 10.6 Å². The zero-order valence-electron chi connectivity index (χ0n) is 16.5. The number of thiazole rings is 1. The van der Waals surface area contributed by atoms with E-state index in [4.69, 9.17) is 4.98 Å². The average Bonchev–Trinajstić information content (AvgIpc) is 3.24. The summed E-state index contributed by atoms with van der Waals surface area (Å²) >= 11 is 1.71. The number of amides is 2. The number of aryl methyl sites for hydroxylation is 2. The fraction of sp³-hybridized carbons (Fsp3) is 0.550. The molecule has 2 aliphatic heterocycles. The van der Waals surface area contributed by atoms with Crippen LogP contribution in [0.3, 0.4) is 0 Å². The molecule has 2 amide bonds. The number of nitrogens with zero attached hydrogens (tertiary/aromatic N) is 5. The number of aromatic nitrogens is 3. The monoisotopic (exact) mass is 399 g/mol. The first-order chi connectivity index (χ1) is 13.4. The van der Waals surface area contributed by atoms with Crippen molar-refractivity contribution in [3.05, 3.63) is 28.8 Å². The lowest BCUT2D eigenvalue weighted by Crippen LogP contribution is -2.42. The minimum absolute atomic E-state index is 0.0685. The Hall–Kier alpha value is -2.35. The highest BCUT2D eigenvalue weighted by Crippen LogP contribution is 2.37. The van der Waals surface area contributed by atoms with E-state index in [1.165, 1.54) is 0 Å². The van der Waals surface area contributed by atoms with E-state index < -0.39 is 0 Å². The quantitative estimate of drug-likeness (QED) is 0.792. The number of likely N-dealkylation sites (tertiary alicyclic amines) is 2. The molecule has 0 N–H and O–H groups in total. The summed E-state index contributed by atoms with van der Waals surface area (Å²) < 4.78 is 0. The van der Waals surface area contributed by atoms with Gasteiger partial charge in [0.05, 0.1) is 27.2 Å². The normalized spacial score (nSPS) is 20.8. The van der Waals surface area contributed by atoms with Crippen molar-refractivity contribution < 1.29 is 9.59 Å². The summed E-state index contributed by atoms with van der Waals surface area (Å²) in [5.74, 6) is 1.15. The first-order valence-corrected chi connectivity index (χ1v) is 10.5. The lowest BCUT2D eigenvalue weighted by molar-refractivity contribution is -0.136. The number of piperidine rings is 1. The van der Waals surface area contributed by atoms with Crippen molar-refractivity contribution in [2.24, 2.45) is 5.92 Å². The molecule has 28 heavy (non-hydrogen) atoms. The molecule has 0 spiro atoms. The van der Waals surface area contributed by atoms with E-state index in [1.807, 2.05) is 24.8 Å². The van der Waals surface area contributed by atoms with E-state index in [1.54, 1.807) is 29.5 Å². The van der Waals surface area contributed by atoms with E-state index in [0.717, 1.165) is 53.0 Å². The summed E-state index contributed by atoms with van der Waals surface area (Å²) in [4.78, 5) is 42.7. The molecular formula is C20H25N5O2S. The van der Waals surface area contributed by atoms with Gasteiger partial charge in [-0.15, -0.1) is 11.3 Å². The van der Waals surface area contributed by atoms with Crippen LogP contribution in [-0.4, -0.2) is 63.2 Å². The molecule has 0 aromatic carbocycles. The van der Waals surface area contributed by atoms with Gasteiger partial charge in [-0.25, -0.2) is 15.0 Å². The van der Waals surface area contributed by atoms with Crippen molar-refractivity contribution >= 4 is 23.2 Å². The first kappa shape index (κ1) is 19.0. The molecule has 0 radical (unpaired) electrons. The van der Waals surface area contributed by atoms with E-state index in [9.17, 15) is 9.59 Å². The van der Waals surface area contributed by atoms with Gasteiger partial charge in [0, 0.05) is 45.2 Å². The van der Waals surface area contributed by atoms with Crippen LogP contribution in [0.2, 0.25) is 0 Å². The van der Waals surface area contributed by atoms with Crippen molar-refractivity contribution in [2.75, 3.05) is 26.7 Å². The third kappa shape index (κ3) is 3.65. The van der Waals surface area contributed by atoms with E-state index in [0.29, 0.717) is 18.9 Å². The van der Waals surface area contributed by atoms with Gasteiger partial charge in [-0.2, -0.15) is 0 Å². The van der Waals surface area contributed by atoms with Gasteiger partial charge >= 0.3 is 0 Å². The van der Waals surface area contributed by atoms with Crippen molar-refractivity contribution in [3.8, 4) is 10.6 Å². The third-order valence-electron chi connectivity index (χ3n) is 5.67. The van der Waals surface area contributed by atoms with Gasteiger partial charge in [-0.1, -0.05) is 0 Å². The molecule has 4 rings (SSSR count). The van der Waals surface area contributed by atoms with Crippen molar-refractivity contribution in [1.29, 1.82) is 0 Å². The summed E-state index contributed by atoms with van der Waals surface area (Å²) in [6, 6.07) is 1.93. The zero-order valence-corrected chi connectivity index (χ0v) is 17.3. The smallest absolute Gasteiger partial charge is 0.227 e. The molecule has 2 aliphatic rings. The Morgan fingerprint density at radius 1 is 1.21 bits per heavy atom. The highest BCUT2D eigenvalue weighted by molar-refractivity contribution is 7.15. The van der Waals surface area contributed by atoms with Gasteiger partial charge in [0.1, 0.15) is 5.82 Å². The van der Waals surface area contributed by atoms with Crippen LogP contribution in [0.15, 0.2) is 12.3 Å². The maximum Gasteiger partial charge on any atom is 0.227 e. The standard InChI is InChI=1S/C20H25N5O2S/c1-12-18(16-4-7-21-13(2)23-16)28-19(22-12)14-5-8-25(9-6-14)20(27)15-10-17(26)24(3)11-15/h4,7,14-15H,5-6,8-11H2,1-3H3. The minimum atomic E-state index is -0.177. The molecule has 1 unspecified atom stereocenters. The Labute approximate surface area is 168 Å². The van der Waals surface area contributed by atoms with Gasteiger partial charge in [0.15, 0.2) is 0 Å². The second-order valence-corrected chi connectivity index (χ2v) is 8.76. The van der Waals surface area contributed by atoms with Gasteiger partial charge in [-0.3, -0.25) is 9.59 Å². The topological polar surface area (TPSA) is 79.3 Å². The summed E-state index contributed by atoms with van der Waals surface area (Å²) in [5, 5.41) is 1.13. The third-order valence-corrected chi connectivity index (χ3v) is 7.01. The summed E-state index contributed by atoms with van der Waals surface area (Å²) in [5.41, 5.74) is 1.93. The Balaban J connectivity index is 1.41. The number of hydrogen-bond acceptors (Lipinski definition) is 6. The molecule has 8 heteroatoms. The van der Waals surface area contributed by atoms with Crippen LogP contribution < -0.4 is 0 Å². The Morgan fingerprint density at radius 2 is 1.96 bits per heavy atom. The molecule has 0 aliphatic carbocycles. The van der Waals surface area contributed by atoms with E-state index >= 15 is 0 Å². The molecule has 1 atom stereocenters. The Morgan fingerprint density at radius 3 is 2.61 bits per heavy atom. The maximum atomic E-state index is 12.7. The van der Waals surface area contributed by atoms with Crippen molar-refractivity contribution in [1.82, 2.24) is 24.8 Å². The SMILES string of the molecule is Cc1nccc(-c2sc(C3CCN(C(=O)C4CC(=O)N(C)C4)CC3)nc2C)n1. The highest BCUT2D eigenvalue weighted by Gasteiger charge is 2.36. The number of rotatable bonds is 3. The number of hydrogen-bond donors (Lipinski definition) is 0. The van der Waals surface area contributed by atoms with E-state index in [2.05, 4.69) is 9.97 Å². The van der Waals surface area contributed by atoms with Gasteiger partial charge in [-0.05, 0) is 32.8 Å². The second kappa shape index (κ2) is 7.58. The molecule has 7 nitrogen and oxygen atoms in total. The molecule has 2 fully saturated rings. The maximum absolute atomic E-state index is 12.7. The van der Waals surface area contributed by atoms with Crippen LogP contribution in [0.1, 0.15) is 41.7 Å². The molecule has 2 aromatic heterocycles. The number of carbonyl (C=O) groups excluding carboxylic acids is 2. The Bertz CT molecular complexity index is 904. The van der Waals surface area contributed by atoms with Crippen molar-refractivity contribution in [3.63, 3.8) is 0 Å². The van der Waals surface area contributed by atoms with Gasteiger partial charge < -0.3 is 9.80 Å². The predicted octanol–water partition coefficient (Wildman–Crippen LogP) is 2.40. The predicted molar refractivity (Wildman–Crippen MR) is 107 cm³/mol. The largest absolute Gasteiger partial charge is 0.345 e. The zero-order chi connectivity index (χ0) is 19.8. The highest BCUT2D eigenvalue weighted by atomic mass is 32.1. The van der Waals surface area contributed by atoms with Gasteiger partial charge in [0.25, 0.3) is 0 Å². The molecule has 4 heterocycles. The van der Waals surface area contributed by atoms with Crippen LogP contribution in [0.5, 0.6) is 0 Å². The summed E-state index contributed by atoms with van der Waals surface area (Å²) in [6.07, 6.45) is 3.96. The average molecular weight is 400 g/mol. The lowest BCUT2D eigenvalue weighted by atomic mass is 9.96. The molecule has 148 valence electrons. The van der Waals surface area contributed by atoms with Gasteiger partial charge in [0.2, 0.25) is 11.8 Å². The Kier molecular flexibility index (Phi) is 5.14. The molecule has 0 bridgehead atoms. The molecule has 2 saturated heterocycles. The summed E-state index contributed by atoms with van der Waals surface area (Å²) in [7, 11) is 1.77. The lowest BCUT2D eigenvalue weighted by Gasteiger charge is -2.32. The fourth-order valence-corrected chi connectivity index (χ4v) is 5.25. The van der Waals surface area contributed by atoms with E-state index in [-0.39, 0.29) is 17.7 Å². The minimum Gasteiger partial charge on any atom is -0.345 e. The second-order valence-electron chi connectivity index (χ2n) is 7.73. The van der Waals surface area contributed by atoms with Crippen molar-refractivity contribution in [2.45, 2.75) is 39.0 Å². The molecule has 0 saturated carbocycles. The van der Waals surface area contributed by atoms with Crippen LogP contribution in [-0.2, 0) is 9.59 Å². The summed E-state index contributed by atoms with van der Waals surface area (Å²) in [6.45, 7) is 5.93. The number of carbonyl (C=O) groups is 2. The fourth-order valence-electron chi connectivity index (χ4n) is 4.05. The first-order valence-electron chi connectivity index (χ1n) is 9.72. The van der Waals surface area contributed by atoms with Crippen LogP contribution >= 0.6 is 11.3 Å². The molecule has 2 aromatic rings.